The zero-order valence-corrected chi connectivity index (χ0v) is 14.7. The molecular weight excluding hydrogens is 413 g/mol. The summed E-state index contributed by atoms with van der Waals surface area (Å²) in [5.74, 6) is -4.21. The van der Waals surface area contributed by atoms with E-state index in [9.17, 15) is 45.4 Å². The van der Waals surface area contributed by atoms with Crippen LogP contribution in [0, 0.1) is 0 Å². The van der Waals surface area contributed by atoms with Crippen LogP contribution in [0.4, 0.5) is 26.3 Å². The van der Waals surface area contributed by atoms with E-state index >= 15 is 0 Å². The third kappa shape index (κ3) is 13.4. The fourth-order valence-corrected chi connectivity index (χ4v) is 2.23. The normalized spacial score (nSPS) is 12.7. The molecule has 0 aliphatic carbocycles. The number of carbonyl (C=O) groups is 2. The summed E-state index contributed by atoms with van der Waals surface area (Å²) in [4.78, 5) is 32.3. The first kappa shape index (κ1) is 25.6. The molecule has 2 N–H and O–H groups in total. The Labute approximate surface area is 150 Å². The van der Waals surface area contributed by atoms with E-state index < -0.39 is 32.0 Å². The van der Waals surface area contributed by atoms with Crippen LogP contribution in [-0.4, -0.2) is 50.5 Å². The monoisotopic (exact) mass is 431 g/mol. The van der Waals surface area contributed by atoms with Crippen molar-refractivity contribution in [3.8, 4) is 0 Å². The van der Waals surface area contributed by atoms with Crippen LogP contribution in [0.2, 0.25) is 0 Å². The second kappa shape index (κ2) is 11.5. The maximum absolute atomic E-state index is 11.9. The standard InChI is InChI=1S/C12H19F6N2O6P/c13-11(14,15)9(21)19-5-1-3-7-25-27(23,24)26-8-4-2-6-20-10(22)12(16,17)18/h1-8H2,(H,19,21)(H,20,22)(H,23,24)/p-1. The van der Waals surface area contributed by atoms with Gasteiger partial charge in [0.2, 0.25) is 0 Å². The minimum atomic E-state index is -5.00. The van der Waals surface area contributed by atoms with E-state index in [1.54, 1.807) is 10.6 Å². The van der Waals surface area contributed by atoms with Crippen molar-refractivity contribution in [2.24, 2.45) is 0 Å². The topological polar surface area (TPSA) is 117 Å². The van der Waals surface area contributed by atoms with Crippen molar-refractivity contribution >= 4 is 19.6 Å². The van der Waals surface area contributed by atoms with Crippen LogP contribution in [0.25, 0.3) is 0 Å². The lowest BCUT2D eigenvalue weighted by Crippen LogP contribution is -2.37. The molecule has 0 heterocycles. The molecule has 27 heavy (non-hydrogen) atoms. The van der Waals surface area contributed by atoms with Crippen molar-refractivity contribution in [2.45, 2.75) is 38.0 Å². The van der Waals surface area contributed by atoms with Gasteiger partial charge in [-0.1, -0.05) is 0 Å². The predicted octanol–water partition coefficient (Wildman–Crippen LogP) is 1.41. The first-order chi connectivity index (χ1) is 12.3. The molecule has 0 bridgehead atoms. The third-order valence-corrected chi connectivity index (χ3v) is 3.72. The lowest BCUT2D eigenvalue weighted by molar-refractivity contribution is -0.225. The van der Waals surface area contributed by atoms with Crippen molar-refractivity contribution in [3.63, 3.8) is 0 Å². The Balaban J connectivity index is 3.71. The minimum absolute atomic E-state index is 0.0250. The van der Waals surface area contributed by atoms with E-state index in [1.165, 1.54) is 0 Å². The number of alkyl halides is 6. The van der Waals surface area contributed by atoms with E-state index in [0.717, 1.165) is 0 Å². The molecule has 0 aromatic rings. The van der Waals surface area contributed by atoms with Crippen LogP contribution in [0.1, 0.15) is 25.7 Å². The first-order valence-electron chi connectivity index (χ1n) is 7.56. The molecule has 0 unspecified atom stereocenters. The van der Waals surface area contributed by atoms with Gasteiger partial charge in [0, 0.05) is 13.1 Å². The third-order valence-electron chi connectivity index (χ3n) is 2.73. The van der Waals surface area contributed by atoms with Crippen molar-refractivity contribution in [1.82, 2.24) is 10.6 Å². The molecule has 8 nitrogen and oxygen atoms in total. The number of unbranched alkanes of at least 4 members (excludes halogenated alkanes) is 2. The summed E-state index contributed by atoms with van der Waals surface area (Å²) in [5.41, 5.74) is 0. The van der Waals surface area contributed by atoms with Gasteiger partial charge in [-0.05, 0) is 25.7 Å². The van der Waals surface area contributed by atoms with Gasteiger partial charge in [-0.3, -0.25) is 14.2 Å². The van der Waals surface area contributed by atoms with Gasteiger partial charge < -0.3 is 24.6 Å². The fourth-order valence-electron chi connectivity index (χ4n) is 1.45. The van der Waals surface area contributed by atoms with E-state index in [4.69, 9.17) is 0 Å². The molecule has 0 aromatic heterocycles. The maximum atomic E-state index is 11.9. The van der Waals surface area contributed by atoms with Crippen LogP contribution < -0.4 is 15.5 Å². The highest BCUT2D eigenvalue weighted by atomic mass is 31.2. The molecule has 15 heteroatoms. The van der Waals surface area contributed by atoms with E-state index in [-0.39, 0.29) is 52.0 Å². The fraction of sp³-hybridized carbons (Fsp3) is 0.833. The Morgan fingerprint density at radius 2 is 1.11 bits per heavy atom. The van der Waals surface area contributed by atoms with Gasteiger partial charge in [0.15, 0.2) is 0 Å². The van der Waals surface area contributed by atoms with Gasteiger partial charge in [0.05, 0.1) is 13.2 Å². The number of hydrogen-bond acceptors (Lipinski definition) is 6. The van der Waals surface area contributed by atoms with Gasteiger partial charge in [0.25, 0.3) is 7.82 Å². The second-order valence-corrected chi connectivity index (χ2v) is 6.45. The average Bonchev–Trinajstić information content (AvgIpc) is 2.51. The van der Waals surface area contributed by atoms with Gasteiger partial charge in [-0.25, -0.2) is 0 Å². The number of phosphoric acid groups is 1. The highest BCUT2D eigenvalue weighted by Crippen LogP contribution is 2.38. The van der Waals surface area contributed by atoms with E-state index in [2.05, 4.69) is 9.05 Å². The Morgan fingerprint density at radius 3 is 1.41 bits per heavy atom. The van der Waals surface area contributed by atoms with Crippen molar-refractivity contribution < 1.29 is 54.4 Å². The van der Waals surface area contributed by atoms with Crippen molar-refractivity contribution in [3.05, 3.63) is 0 Å². The summed E-state index contributed by atoms with van der Waals surface area (Å²) in [5, 5.41) is 3.19. The summed E-state index contributed by atoms with van der Waals surface area (Å²) in [6.45, 7) is -1.42. The summed E-state index contributed by atoms with van der Waals surface area (Å²) in [7, 11) is -4.67. The quantitative estimate of drug-likeness (QED) is 0.274. The van der Waals surface area contributed by atoms with Gasteiger partial charge in [-0.15, -0.1) is 0 Å². The molecule has 0 saturated heterocycles. The zero-order chi connectivity index (χ0) is 21.1. The van der Waals surface area contributed by atoms with E-state index in [1.807, 2.05) is 0 Å². The van der Waals surface area contributed by atoms with E-state index in [0.29, 0.717) is 0 Å². The predicted molar refractivity (Wildman–Crippen MR) is 76.1 cm³/mol. The molecule has 0 fully saturated rings. The molecule has 0 radical (unpaired) electrons. The lowest BCUT2D eigenvalue weighted by atomic mass is 10.3. The summed E-state index contributed by atoms with van der Waals surface area (Å²) < 4.78 is 91.4. The molecule has 0 aliphatic heterocycles. The molecule has 0 spiro atoms. The van der Waals surface area contributed by atoms with Crippen LogP contribution >= 0.6 is 7.82 Å². The van der Waals surface area contributed by atoms with Gasteiger partial charge in [0.1, 0.15) is 0 Å². The highest BCUT2D eigenvalue weighted by molar-refractivity contribution is 7.45. The number of nitrogens with one attached hydrogen (secondary N) is 2. The number of carbonyl (C=O) groups excluding carboxylic acids is 2. The maximum Gasteiger partial charge on any atom is 0.471 e. The molecule has 0 rings (SSSR count). The molecular formula is C12H18F6N2O6P-. The number of amides is 2. The number of hydrogen-bond donors (Lipinski definition) is 2. The van der Waals surface area contributed by atoms with Gasteiger partial charge in [-0.2, -0.15) is 26.3 Å². The lowest BCUT2D eigenvalue weighted by Gasteiger charge is -2.22. The van der Waals surface area contributed by atoms with Crippen LogP contribution in [0.15, 0.2) is 0 Å². The summed E-state index contributed by atoms with van der Waals surface area (Å²) >= 11 is 0. The Bertz CT molecular complexity index is 485. The Morgan fingerprint density at radius 1 is 0.778 bits per heavy atom. The molecule has 2 amide bonds. The minimum Gasteiger partial charge on any atom is -0.756 e. The van der Waals surface area contributed by atoms with Gasteiger partial charge >= 0.3 is 24.2 Å². The highest BCUT2D eigenvalue weighted by Gasteiger charge is 2.38. The smallest absolute Gasteiger partial charge is 0.471 e. The zero-order valence-electron chi connectivity index (χ0n) is 13.8. The van der Waals surface area contributed by atoms with Crippen LogP contribution in [0.3, 0.4) is 0 Å². The molecule has 0 aromatic carbocycles. The van der Waals surface area contributed by atoms with Crippen LogP contribution in [0.5, 0.6) is 0 Å². The second-order valence-electron chi connectivity index (χ2n) is 5.04. The average molecular weight is 431 g/mol. The first-order valence-corrected chi connectivity index (χ1v) is 9.02. The SMILES string of the molecule is O=C(NCCCCOP(=O)([O-])OCCCCNC(=O)C(F)(F)F)C(F)(F)F. The van der Waals surface area contributed by atoms with Crippen molar-refractivity contribution in [1.29, 1.82) is 0 Å². The Hall–Kier alpha value is -1.37. The molecule has 160 valence electrons. The summed E-state index contributed by atoms with van der Waals surface area (Å²) in [6.07, 6.45) is -9.88. The number of halogens is 6. The summed E-state index contributed by atoms with van der Waals surface area (Å²) in [6, 6.07) is 0. The number of rotatable bonds is 12. The number of phosphoric ester groups is 1. The molecule has 0 atom stereocenters. The largest absolute Gasteiger partial charge is 0.756 e. The van der Waals surface area contributed by atoms with Crippen molar-refractivity contribution in [2.75, 3.05) is 26.3 Å². The molecule has 0 saturated carbocycles. The molecule has 0 aliphatic rings. The van der Waals surface area contributed by atoms with Crippen LogP contribution in [-0.2, 0) is 23.2 Å². The Kier molecular flexibility index (Phi) is 10.9.